The molecular weight excluding hydrogens is 252 g/mol. The molecule has 1 rings (SSSR count). The maximum Gasteiger partial charge on any atom is 0.407 e. The van der Waals surface area contributed by atoms with Crippen LogP contribution in [0.2, 0.25) is 0 Å². The summed E-state index contributed by atoms with van der Waals surface area (Å²) in [5, 5.41) is 6.41. The van der Waals surface area contributed by atoms with Crippen molar-refractivity contribution < 1.29 is 9.53 Å². The highest BCUT2D eigenvalue weighted by Gasteiger charge is 2.21. The van der Waals surface area contributed by atoms with Gasteiger partial charge in [0.15, 0.2) is 0 Å². The van der Waals surface area contributed by atoms with Crippen molar-refractivity contribution in [3.8, 4) is 0 Å². The molecular formula is C16H30N2O2. The van der Waals surface area contributed by atoms with Crippen molar-refractivity contribution in [2.45, 2.75) is 84.0 Å². The molecule has 0 heterocycles. The van der Waals surface area contributed by atoms with Gasteiger partial charge in [-0.1, -0.05) is 6.08 Å². The third-order valence-corrected chi connectivity index (χ3v) is 3.13. The van der Waals surface area contributed by atoms with Crippen LogP contribution in [0.25, 0.3) is 0 Å². The number of allylic oxidation sites excluding steroid dienone is 1. The lowest BCUT2D eigenvalue weighted by atomic mass is 9.96. The molecule has 0 radical (unpaired) electrons. The molecule has 1 aliphatic rings. The minimum atomic E-state index is -0.324. The highest BCUT2D eigenvalue weighted by atomic mass is 16.6. The van der Waals surface area contributed by atoms with Gasteiger partial charge in [-0.3, -0.25) is 0 Å². The summed E-state index contributed by atoms with van der Waals surface area (Å²) in [6.45, 7) is 10.4. The monoisotopic (exact) mass is 282 g/mol. The molecule has 2 N–H and O–H groups in total. The lowest BCUT2D eigenvalue weighted by molar-refractivity contribution is 0.108. The highest BCUT2D eigenvalue weighted by Crippen LogP contribution is 2.17. The smallest absolute Gasteiger partial charge is 0.407 e. The normalized spacial score (nSPS) is 25.7. The minimum absolute atomic E-state index is 0.107. The van der Waals surface area contributed by atoms with E-state index in [4.69, 9.17) is 4.74 Å². The van der Waals surface area contributed by atoms with Gasteiger partial charge >= 0.3 is 6.09 Å². The number of carbonyl (C=O) groups excluding carboxylic acids is 1. The van der Waals surface area contributed by atoms with Gasteiger partial charge in [0.1, 0.15) is 6.10 Å². The van der Waals surface area contributed by atoms with Crippen LogP contribution in [0, 0.1) is 0 Å². The van der Waals surface area contributed by atoms with Crippen LogP contribution in [-0.4, -0.2) is 29.8 Å². The van der Waals surface area contributed by atoms with Crippen LogP contribution < -0.4 is 10.6 Å². The van der Waals surface area contributed by atoms with E-state index < -0.39 is 0 Å². The van der Waals surface area contributed by atoms with Crippen LogP contribution in [0.15, 0.2) is 12.2 Å². The fraction of sp³-hybridized carbons (Fsp3) is 0.812. The Hall–Kier alpha value is -1.03. The third kappa shape index (κ3) is 7.53. The van der Waals surface area contributed by atoms with Crippen molar-refractivity contribution in [3.63, 3.8) is 0 Å². The van der Waals surface area contributed by atoms with E-state index in [-0.39, 0.29) is 23.8 Å². The molecule has 0 saturated heterocycles. The lowest BCUT2D eigenvalue weighted by Gasteiger charge is -2.30. The Labute approximate surface area is 123 Å². The average molecular weight is 282 g/mol. The first-order valence-corrected chi connectivity index (χ1v) is 7.68. The summed E-state index contributed by atoms with van der Waals surface area (Å²) in [5.74, 6) is 0. The molecule has 20 heavy (non-hydrogen) atoms. The first-order valence-electron chi connectivity index (χ1n) is 7.68. The van der Waals surface area contributed by atoms with Crippen molar-refractivity contribution in [1.29, 1.82) is 0 Å². The Kier molecular flexibility index (Phi) is 6.53. The number of amides is 1. The third-order valence-electron chi connectivity index (χ3n) is 3.13. The van der Waals surface area contributed by atoms with Gasteiger partial charge in [-0.15, -0.1) is 0 Å². The highest BCUT2D eigenvalue weighted by molar-refractivity contribution is 5.67. The fourth-order valence-corrected chi connectivity index (χ4v) is 2.41. The van der Waals surface area contributed by atoms with Crippen molar-refractivity contribution in [3.05, 3.63) is 12.2 Å². The van der Waals surface area contributed by atoms with E-state index in [9.17, 15) is 4.79 Å². The zero-order chi connectivity index (χ0) is 15.2. The number of ether oxygens (including phenoxy) is 1. The molecule has 116 valence electrons. The van der Waals surface area contributed by atoms with Crippen molar-refractivity contribution in [2.24, 2.45) is 0 Å². The molecule has 2 unspecified atom stereocenters. The molecule has 0 aliphatic heterocycles. The summed E-state index contributed by atoms with van der Waals surface area (Å²) in [7, 11) is 0. The number of nitrogens with one attached hydrogen (secondary N) is 2. The van der Waals surface area contributed by atoms with Crippen LogP contribution in [0.3, 0.4) is 0 Å². The zero-order valence-corrected chi connectivity index (χ0v) is 13.5. The summed E-state index contributed by atoms with van der Waals surface area (Å²) in [5.41, 5.74) is 0.124. The van der Waals surface area contributed by atoms with E-state index in [1.165, 1.54) is 0 Å². The van der Waals surface area contributed by atoms with Crippen LogP contribution in [0.5, 0.6) is 0 Å². The molecule has 1 amide bonds. The van der Waals surface area contributed by atoms with Gasteiger partial charge in [0.2, 0.25) is 0 Å². The summed E-state index contributed by atoms with van der Waals surface area (Å²) >= 11 is 0. The van der Waals surface area contributed by atoms with Gasteiger partial charge in [0, 0.05) is 17.6 Å². The van der Waals surface area contributed by atoms with E-state index in [0.29, 0.717) is 6.04 Å². The molecule has 0 aromatic rings. The van der Waals surface area contributed by atoms with Crippen molar-refractivity contribution in [2.75, 3.05) is 0 Å². The fourth-order valence-electron chi connectivity index (χ4n) is 2.41. The van der Waals surface area contributed by atoms with Gasteiger partial charge in [-0.25, -0.2) is 4.79 Å². The van der Waals surface area contributed by atoms with Gasteiger partial charge in [-0.05, 0) is 66.4 Å². The molecule has 0 saturated carbocycles. The lowest BCUT2D eigenvalue weighted by Crippen LogP contribution is -2.44. The number of carbonyl (C=O) groups is 1. The number of hydrogen-bond donors (Lipinski definition) is 2. The van der Waals surface area contributed by atoms with Crippen LogP contribution in [0.4, 0.5) is 4.79 Å². The zero-order valence-electron chi connectivity index (χ0n) is 13.5. The Morgan fingerprint density at radius 1 is 1.25 bits per heavy atom. The van der Waals surface area contributed by atoms with E-state index in [0.717, 1.165) is 25.7 Å². The molecule has 0 spiro atoms. The molecule has 1 aliphatic carbocycles. The Morgan fingerprint density at radius 2 is 1.95 bits per heavy atom. The number of rotatable bonds is 3. The Balaban J connectivity index is 2.47. The first-order chi connectivity index (χ1) is 9.26. The van der Waals surface area contributed by atoms with Crippen LogP contribution in [0.1, 0.15) is 60.3 Å². The van der Waals surface area contributed by atoms with Gasteiger partial charge in [0.25, 0.3) is 0 Å². The molecule has 0 bridgehead atoms. The summed E-state index contributed by atoms with van der Waals surface area (Å²) in [6, 6.07) is 0.592. The SMILES string of the molecule is CC(C)NC(=O)OC1/C=C/CCC(NC(C)(C)C)CC1. The minimum Gasteiger partial charge on any atom is -0.442 e. The molecule has 2 atom stereocenters. The predicted octanol–water partition coefficient (Wildman–Crippen LogP) is 3.38. The molecule has 0 fully saturated rings. The summed E-state index contributed by atoms with van der Waals surface area (Å²) in [4.78, 5) is 11.6. The second-order valence-corrected chi connectivity index (χ2v) is 6.92. The first kappa shape index (κ1) is 17.0. The quantitative estimate of drug-likeness (QED) is 0.780. The van der Waals surface area contributed by atoms with Gasteiger partial charge in [0.05, 0.1) is 0 Å². The Morgan fingerprint density at radius 3 is 2.55 bits per heavy atom. The predicted molar refractivity (Wildman–Crippen MR) is 82.8 cm³/mol. The maximum atomic E-state index is 11.6. The van der Waals surface area contributed by atoms with Crippen molar-refractivity contribution in [1.82, 2.24) is 10.6 Å². The number of hydrogen-bond acceptors (Lipinski definition) is 3. The van der Waals surface area contributed by atoms with E-state index in [2.05, 4.69) is 37.5 Å². The molecule has 4 heteroatoms. The second-order valence-electron chi connectivity index (χ2n) is 6.92. The van der Waals surface area contributed by atoms with E-state index in [1.54, 1.807) is 0 Å². The topological polar surface area (TPSA) is 50.4 Å². The second kappa shape index (κ2) is 7.67. The van der Waals surface area contributed by atoms with Gasteiger partial charge < -0.3 is 15.4 Å². The van der Waals surface area contributed by atoms with Crippen LogP contribution >= 0.6 is 0 Å². The summed E-state index contributed by atoms with van der Waals surface area (Å²) in [6.07, 6.45) is 7.78. The van der Waals surface area contributed by atoms with Gasteiger partial charge in [-0.2, -0.15) is 0 Å². The summed E-state index contributed by atoms with van der Waals surface area (Å²) < 4.78 is 5.45. The van der Waals surface area contributed by atoms with Crippen LogP contribution in [-0.2, 0) is 4.74 Å². The molecule has 4 nitrogen and oxygen atoms in total. The Bertz CT molecular complexity index is 332. The number of alkyl carbamates (subject to hydrolysis) is 1. The molecule has 0 aromatic heterocycles. The largest absolute Gasteiger partial charge is 0.442 e. The van der Waals surface area contributed by atoms with E-state index >= 15 is 0 Å². The maximum absolute atomic E-state index is 11.6. The van der Waals surface area contributed by atoms with Crippen molar-refractivity contribution >= 4 is 6.09 Å². The van der Waals surface area contributed by atoms with E-state index in [1.807, 2.05) is 19.9 Å². The molecule has 0 aromatic carbocycles. The standard InChI is InChI=1S/C16H30N2O2/c1-12(2)17-15(19)20-14-9-7-6-8-13(10-11-14)18-16(3,4)5/h7,9,12-14,18H,6,8,10-11H2,1-5H3,(H,17,19)/b9-7+. The average Bonchev–Trinajstić information content (AvgIpc) is 2.24.